The van der Waals surface area contributed by atoms with E-state index in [1.165, 1.54) is 12.1 Å². The lowest BCUT2D eigenvalue weighted by atomic mass is 10.1. The van der Waals surface area contributed by atoms with Gasteiger partial charge in [0.05, 0.1) is 19.2 Å². The maximum absolute atomic E-state index is 13.2. The van der Waals surface area contributed by atoms with Crippen LogP contribution in [0.5, 0.6) is 0 Å². The van der Waals surface area contributed by atoms with E-state index >= 15 is 0 Å². The molecule has 1 aliphatic heterocycles. The van der Waals surface area contributed by atoms with Crippen molar-refractivity contribution < 1.29 is 13.9 Å². The topological polar surface area (TPSA) is 66.0 Å². The van der Waals surface area contributed by atoms with Gasteiger partial charge in [0, 0.05) is 19.1 Å². The number of carbonyl (C=O) groups is 1. The van der Waals surface area contributed by atoms with Crippen molar-refractivity contribution in [2.75, 3.05) is 26.7 Å². The molecule has 1 aliphatic rings. The molecule has 0 spiro atoms. The lowest BCUT2D eigenvalue weighted by Crippen LogP contribution is -2.53. The van der Waals surface area contributed by atoms with Crippen LogP contribution < -0.4 is 10.6 Å². The molecule has 0 radical (unpaired) electrons. The second-order valence-electron chi connectivity index (χ2n) is 7.59. The minimum Gasteiger partial charge on any atom is -0.367 e. The number of morpholine rings is 1. The maximum atomic E-state index is 13.2. The fraction of sp³-hybridized carbons (Fsp3) is 0.579. The van der Waals surface area contributed by atoms with Crippen molar-refractivity contribution >= 4 is 35.8 Å². The van der Waals surface area contributed by atoms with Gasteiger partial charge in [0.1, 0.15) is 11.9 Å². The van der Waals surface area contributed by atoms with Gasteiger partial charge in [-0.25, -0.2) is 4.39 Å². The van der Waals surface area contributed by atoms with Crippen LogP contribution in [0.25, 0.3) is 0 Å². The third-order valence-corrected chi connectivity index (χ3v) is 3.93. The number of nitrogens with zero attached hydrogens (tertiary/aromatic N) is 2. The first-order valence-electron chi connectivity index (χ1n) is 8.85. The number of nitrogens with one attached hydrogen (secondary N) is 2. The molecule has 2 unspecified atom stereocenters. The molecule has 1 fully saturated rings. The molecule has 1 saturated heterocycles. The van der Waals surface area contributed by atoms with Crippen molar-refractivity contribution in [1.82, 2.24) is 15.5 Å². The van der Waals surface area contributed by atoms with E-state index in [-0.39, 0.29) is 60.0 Å². The highest BCUT2D eigenvalue weighted by Gasteiger charge is 2.28. The molecule has 1 aromatic rings. The summed E-state index contributed by atoms with van der Waals surface area (Å²) in [5.41, 5.74) is 0.646. The number of guanidine groups is 1. The average molecular weight is 492 g/mol. The van der Waals surface area contributed by atoms with Crippen LogP contribution in [0.2, 0.25) is 0 Å². The number of amides is 1. The molecule has 1 heterocycles. The van der Waals surface area contributed by atoms with E-state index in [2.05, 4.69) is 20.5 Å². The number of hydrogen-bond donors (Lipinski definition) is 2. The van der Waals surface area contributed by atoms with Crippen molar-refractivity contribution in [3.05, 3.63) is 35.6 Å². The second-order valence-corrected chi connectivity index (χ2v) is 7.59. The van der Waals surface area contributed by atoms with Gasteiger partial charge in [-0.2, -0.15) is 0 Å². The average Bonchev–Trinajstić information content (AvgIpc) is 2.54. The van der Waals surface area contributed by atoms with Gasteiger partial charge >= 0.3 is 0 Å². The van der Waals surface area contributed by atoms with Crippen LogP contribution in [0.1, 0.15) is 39.4 Å². The minimum atomic E-state index is -0.274. The monoisotopic (exact) mass is 492 g/mol. The summed E-state index contributed by atoms with van der Waals surface area (Å²) < 4.78 is 19.2. The standard InChI is InChI=1S/C19H29FN4O2.HI/c1-13-11-24(12-16(26-13)14-6-8-15(20)9-7-14)18(21-5)22-10-17(25)23-19(2,3)4;/h6-9,13,16H,10-12H2,1-5H3,(H,21,22)(H,23,25);1H. The molecule has 2 rings (SSSR count). The molecular weight excluding hydrogens is 462 g/mol. The Morgan fingerprint density at radius 1 is 1.30 bits per heavy atom. The summed E-state index contributed by atoms with van der Waals surface area (Å²) in [6.45, 7) is 9.21. The second kappa shape index (κ2) is 10.2. The van der Waals surface area contributed by atoms with E-state index in [4.69, 9.17) is 4.74 Å². The Labute approximate surface area is 178 Å². The number of rotatable bonds is 3. The molecule has 0 aliphatic carbocycles. The van der Waals surface area contributed by atoms with Gasteiger partial charge in [-0.3, -0.25) is 9.79 Å². The van der Waals surface area contributed by atoms with E-state index in [9.17, 15) is 9.18 Å². The van der Waals surface area contributed by atoms with Crippen molar-refractivity contribution in [1.29, 1.82) is 0 Å². The van der Waals surface area contributed by atoms with Crippen molar-refractivity contribution in [2.45, 2.75) is 45.4 Å². The van der Waals surface area contributed by atoms with Gasteiger partial charge in [0.2, 0.25) is 5.91 Å². The largest absolute Gasteiger partial charge is 0.367 e. The highest BCUT2D eigenvalue weighted by molar-refractivity contribution is 14.0. The fourth-order valence-electron chi connectivity index (χ4n) is 2.94. The number of aliphatic imine (C=N–C) groups is 1. The number of benzene rings is 1. The Morgan fingerprint density at radius 2 is 1.93 bits per heavy atom. The van der Waals surface area contributed by atoms with Crippen molar-refractivity contribution in [2.24, 2.45) is 4.99 Å². The van der Waals surface area contributed by atoms with E-state index in [1.807, 2.05) is 27.7 Å². The minimum absolute atomic E-state index is 0. The van der Waals surface area contributed by atoms with Crippen LogP contribution in [0, 0.1) is 5.82 Å². The van der Waals surface area contributed by atoms with Gasteiger partial charge < -0.3 is 20.3 Å². The summed E-state index contributed by atoms with van der Waals surface area (Å²) in [5, 5.41) is 6.03. The number of carbonyl (C=O) groups excluding carboxylic acids is 1. The third-order valence-electron chi connectivity index (χ3n) is 3.93. The Balaban J connectivity index is 0.00000364. The van der Waals surface area contributed by atoms with Gasteiger partial charge in [0.25, 0.3) is 0 Å². The summed E-state index contributed by atoms with van der Waals surface area (Å²) in [6.07, 6.45) is -0.193. The summed E-state index contributed by atoms with van der Waals surface area (Å²) in [6, 6.07) is 6.35. The van der Waals surface area contributed by atoms with E-state index in [0.29, 0.717) is 19.0 Å². The molecular formula is C19H30FIN4O2. The van der Waals surface area contributed by atoms with Gasteiger partial charge in [-0.15, -0.1) is 24.0 Å². The first-order chi connectivity index (χ1) is 12.2. The Morgan fingerprint density at radius 3 is 2.48 bits per heavy atom. The van der Waals surface area contributed by atoms with Crippen LogP contribution >= 0.6 is 24.0 Å². The molecule has 152 valence electrons. The molecule has 1 amide bonds. The Hall–Kier alpha value is -1.42. The molecule has 0 saturated carbocycles. The first kappa shape index (κ1) is 23.6. The fourth-order valence-corrected chi connectivity index (χ4v) is 2.94. The SMILES string of the molecule is CN=C(NCC(=O)NC(C)(C)C)N1CC(C)OC(c2ccc(F)cc2)C1.I. The Kier molecular flexibility index (Phi) is 8.93. The number of hydrogen-bond acceptors (Lipinski definition) is 3. The van der Waals surface area contributed by atoms with Gasteiger partial charge in [-0.1, -0.05) is 12.1 Å². The molecule has 1 aromatic carbocycles. The molecule has 27 heavy (non-hydrogen) atoms. The summed E-state index contributed by atoms with van der Waals surface area (Å²) >= 11 is 0. The lowest BCUT2D eigenvalue weighted by molar-refractivity contribution is -0.121. The van der Waals surface area contributed by atoms with Crippen LogP contribution in [-0.4, -0.2) is 55.1 Å². The Bertz CT molecular complexity index is 646. The summed E-state index contributed by atoms with van der Waals surface area (Å²) in [5.74, 6) is 0.295. The zero-order valence-corrected chi connectivity index (χ0v) is 18.9. The predicted octanol–water partition coefficient (Wildman–Crippen LogP) is 2.70. The maximum Gasteiger partial charge on any atom is 0.239 e. The van der Waals surface area contributed by atoms with Crippen molar-refractivity contribution in [3.8, 4) is 0 Å². The van der Waals surface area contributed by atoms with Crippen molar-refractivity contribution in [3.63, 3.8) is 0 Å². The summed E-state index contributed by atoms with van der Waals surface area (Å²) in [7, 11) is 1.69. The van der Waals surface area contributed by atoms with Crippen LogP contribution in [-0.2, 0) is 9.53 Å². The highest BCUT2D eigenvalue weighted by Crippen LogP contribution is 2.25. The highest BCUT2D eigenvalue weighted by atomic mass is 127. The molecule has 2 N–H and O–H groups in total. The van der Waals surface area contributed by atoms with E-state index < -0.39 is 0 Å². The zero-order valence-electron chi connectivity index (χ0n) is 16.6. The zero-order chi connectivity index (χ0) is 19.3. The number of halogens is 2. The quantitative estimate of drug-likeness (QED) is 0.387. The van der Waals surface area contributed by atoms with E-state index in [0.717, 1.165) is 5.56 Å². The third kappa shape index (κ3) is 7.61. The molecule has 0 aromatic heterocycles. The van der Waals surface area contributed by atoms with Gasteiger partial charge in [0.15, 0.2) is 5.96 Å². The van der Waals surface area contributed by atoms with Gasteiger partial charge in [-0.05, 0) is 45.4 Å². The van der Waals surface area contributed by atoms with Crippen LogP contribution in [0.4, 0.5) is 4.39 Å². The molecule has 2 atom stereocenters. The lowest BCUT2D eigenvalue weighted by Gasteiger charge is -2.38. The molecule has 0 bridgehead atoms. The number of ether oxygens (including phenoxy) is 1. The molecule has 8 heteroatoms. The first-order valence-corrected chi connectivity index (χ1v) is 8.85. The summed E-state index contributed by atoms with van der Waals surface area (Å²) in [4.78, 5) is 18.4. The normalized spacial score (nSPS) is 20.7. The predicted molar refractivity (Wildman–Crippen MR) is 116 cm³/mol. The van der Waals surface area contributed by atoms with E-state index in [1.54, 1.807) is 19.2 Å². The van der Waals surface area contributed by atoms with Crippen LogP contribution in [0.3, 0.4) is 0 Å². The molecule has 6 nitrogen and oxygen atoms in total. The van der Waals surface area contributed by atoms with Crippen LogP contribution in [0.15, 0.2) is 29.3 Å². The smallest absolute Gasteiger partial charge is 0.239 e.